The van der Waals surface area contributed by atoms with Crippen LogP contribution in [0.4, 0.5) is 0 Å². The van der Waals surface area contributed by atoms with E-state index in [9.17, 15) is 14.4 Å². The predicted molar refractivity (Wildman–Crippen MR) is 115 cm³/mol. The van der Waals surface area contributed by atoms with Gasteiger partial charge in [-0.15, -0.1) is 0 Å². The smallest absolute Gasteiger partial charge is 0.252 e. The fourth-order valence-electron chi connectivity index (χ4n) is 2.91. The molecule has 5 nitrogen and oxygen atoms in total. The highest BCUT2D eigenvalue weighted by molar-refractivity contribution is 6.15. The van der Waals surface area contributed by atoms with E-state index in [0.29, 0.717) is 27.8 Å². The molecule has 0 fully saturated rings. The third-order valence-electron chi connectivity index (χ3n) is 4.41. The standard InChI is InChI=1S/C25H20N2O3/c1-26-24(29)20-14-6-5-10-18(20)13-9-17-27-25(30)22-16-8-7-15-21(22)23(28)19-11-3-2-4-12-19/h2-8,10-12,14-16H,17H2,1H3,(H,26,29)(H,27,30). The Morgan fingerprint density at radius 1 is 0.733 bits per heavy atom. The van der Waals surface area contributed by atoms with Crippen molar-refractivity contribution in [2.75, 3.05) is 13.6 Å². The van der Waals surface area contributed by atoms with Gasteiger partial charge in [-0.05, 0) is 18.2 Å². The zero-order valence-electron chi connectivity index (χ0n) is 16.4. The lowest BCUT2D eigenvalue weighted by Gasteiger charge is -2.08. The molecule has 0 atom stereocenters. The number of amides is 2. The van der Waals surface area contributed by atoms with Crippen molar-refractivity contribution in [3.8, 4) is 11.8 Å². The van der Waals surface area contributed by atoms with Gasteiger partial charge in [0.2, 0.25) is 0 Å². The van der Waals surface area contributed by atoms with Crippen LogP contribution >= 0.6 is 0 Å². The summed E-state index contributed by atoms with van der Waals surface area (Å²) in [5, 5.41) is 5.29. The molecule has 5 heteroatoms. The van der Waals surface area contributed by atoms with Crippen LogP contribution in [0.15, 0.2) is 78.9 Å². The number of benzene rings is 3. The van der Waals surface area contributed by atoms with Gasteiger partial charge in [-0.3, -0.25) is 14.4 Å². The molecule has 30 heavy (non-hydrogen) atoms. The van der Waals surface area contributed by atoms with E-state index < -0.39 is 0 Å². The van der Waals surface area contributed by atoms with Gasteiger partial charge in [0, 0.05) is 23.7 Å². The Kier molecular flexibility index (Phi) is 6.75. The van der Waals surface area contributed by atoms with Crippen LogP contribution in [0.25, 0.3) is 0 Å². The summed E-state index contributed by atoms with van der Waals surface area (Å²) in [6.45, 7) is 0.0781. The fourth-order valence-corrected chi connectivity index (χ4v) is 2.91. The lowest BCUT2D eigenvalue weighted by Crippen LogP contribution is -2.25. The van der Waals surface area contributed by atoms with Gasteiger partial charge in [-0.2, -0.15) is 0 Å². The van der Waals surface area contributed by atoms with Gasteiger partial charge in [-0.25, -0.2) is 0 Å². The molecule has 0 unspecified atom stereocenters. The second-order valence-corrected chi connectivity index (χ2v) is 6.35. The maximum absolute atomic E-state index is 12.8. The normalized spacial score (nSPS) is 9.77. The summed E-state index contributed by atoms with van der Waals surface area (Å²) in [6, 6.07) is 22.5. The molecule has 0 spiro atoms. The van der Waals surface area contributed by atoms with Crippen LogP contribution in [-0.2, 0) is 0 Å². The summed E-state index contributed by atoms with van der Waals surface area (Å²) in [5.74, 6) is 4.94. The Balaban J connectivity index is 1.73. The fraction of sp³-hybridized carbons (Fsp3) is 0.0800. The molecule has 0 saturated carbocycles. The molecule has 2 amide bonds. The molecular formula is C25H20N2O3. The molecule has 3 rings (SSSR count). The van der Waals surface area contributed by atoms with E-state index in [1.165, 1.54) is 0 Å². The molecule has 0 heterocycles. The van der Waals surface area contributed by atoms with Crippen LogP contribution in [0, 0.1) is 11.8 Å². The van der Waals surface area contributed by atoms with Crippen molar-refractivity contribution < 1.29 is 14.4 Å². The number of carbonyl (C=O) groups is 3. The second-order valence-electron chi connectivity index (χ2n) is 6.35. The molecule has 3 aromatic carbocycles. The van der Waals surface area contributed by atoms with Gasteiger partial charge in [0.05, 0.1) is 17.7 Å². The predicted octanol–water partition coefficient (Wildman–Crippen LogP) is 3.06. The van der Waals surface area contributed by atoms with Gasteiger partial charge in [0.25, 0.3) is 11.8 Å². The van der Waals surface area contributed by atoms with Gasteiger partial charge in [0.1, 0.15) is 0 Å². The summed E-state index contributed by atoms with van der Waals surface area (Å²) < 4.78 is 0. The average molecular weight is 396 g/mol. The first-order valence-corrected chi connectivity index (χ1v) is 9.38. The Morgan fingerprint density at radius 3 is 2.03 bits per heavy atom. The Morgan fingerprint density at radius 2 is 1.33 bits per heavy atom. The van der Waals surface area contributed by atoms with Crippen LogP contribution in [-0.4, -0.2) is 31.2 Å². The molecule has 0 aliphatic rings. The van der Waals surface area contributed by atoms with Gasteiger partial charge < -0.3 is 10.6 Å². The summed E-state index contributed by atoms with van der Waals surface area (Å²) in [6.07, 6.45) is 0. The van der Waals surface area contributed by atoms with Gasteiger partial charge in [-0.1, -0.05) is 72.5 Å². The summed E-state index contributed by atoms with van der Waals surface area (Å²) in [4.78, 5) is 37.3. The first-order valence-electron chi connectivity index (χ1n) is 9.38. The van der Waals surface area contributed by atoms with Crippen LogP contribution in [0.3, 0.4) is 0 Å². The van der Waals surface area contributed by atoms with Crippen molar-refractivity contribution >= 4 is 17.6 Å². The number of hydrogen-bond donors (Lipinski definition) is 2. The van der Waals surface area contributed by atoms with Crippen molar-refractivity contribution in [2.24, 2.45) is 0 Å². The molecule has 2 N–H and O–H groups in total. The molecule has 0 saturated heterocycles. The lowest BCUT2D eigenvalue weighted by molar-refractivity contribution is 0.0945. The molecule has 148 valence electrons. The third-order valence-corrected chi connectivity index (χ3v) is 4.41. The highest BCUT2D eigenvalue weighted by Crippen LogP contribution is 2.14. The maximum Gasteiger partial charge on any atom is 0.252 e. The Bertz CT molecular complexity index is 1140. The molecule has 3 aromatic rings. The SMILES string of the molecule is CNC(=O)c1ccccc1C#CCNC(=O)c1ccccc1C(=O)c1ccccc1. The van der Waals surface area contributed by atoms with Crippen LogP contribution in [0.1, 0.15) is 42.2 Å². The van der Waals surface area contributed by atoms with E-state index in [2.05, 4.69) is 22.5 Å². The van der Waals surface area contributed by atoms with Gasteiger partial charge >= 0.3 is 0 Å². The van der Waals surface area contributed by atoms with E-state index in [4.69, 9.17) is 0 Å². The van der Waals surface area contributed by atoms with E-state index >= 15 is 0 Å². The van der Waals surface area contributed by atoms with E-state index in [-0.39, 0.29) is 24.1 Å². The summed E-state index contributed by atoms with van der Waals surface area (Å²) in [5.41, 5.74) is 2.18. The zero-order valence-corrected chi connectivity index (χ0v) is 16.4. The second kappa shape index (κ2) is 9.85. The van der Waals surface area contributed by atoms with Crippen LogP contribution in [0.5, 0.6) is 0 Å². The Hall–Kier alpha value is -4.17. The highest BCUT2D eigenvalue weighted by atomic mass is 16.2. The number of nitrogens with one attached hydrogen (secondary N) is 2. The first kappa shape index (κ1) is 20.6. The minimum Gasteiger partial charge on any atom is -0.355 e. The molecular weight excluding hydrogens is 376 g/mol. The van der Waals surface area contributed by atoms with Crippen molar-refractivity contribution in [3.63, 3.8) is 0 Å². The van der Waals surface area contributed by atoms with Crippen LogP contribution in [0.2, 0.25) is 0 Å². The molecule has 0 aliphatic carbocycles. The topological polar surface area (TPSA) is 75.3 Å². The van der Waals surface area contributed by atoms with E-state index in [1.807, 2.05) is 6.07 Å². The molecule has 0 bridgehead atoms. The third kappa shape index (κ3) is 4.81. The van der Waals surface area contributed by atoms with Crippen molar-refractivity contribution in [3.05, 3.63) is 107 Å². The quantitative estimate of drug-likeness (QED) is 0.514. The van der Waals surface area contributed by atoms with Crippen LogP contribution < -0.4 is 10.6 Å². The summed E-state index contributed by atoms with van der Waals surface area (Å²) in [7, 11) is 1.56. The number of carbonyl (C=O) groups excluding carboxylic acids is 3. The van der Waals surface area contributed by atoms with Crippen molar-refractivity contribution in [1.29, 1.82) is 0 Å². The summed E-state index contributed by atoms with van der Waals surface area (Å²) >= 11 is 0. The minimum absolute atomic E-state index is 0.0781. The highest BCUT2D eigenvalue weighted by Gasteiger charge is 2.17. The largest absolute Gasteiger partial charge is 0.355 e. The zero-order chi connectivity index (χ0) is 21.3. The minimum atomic E-state index is -0.385. The molecule has 0 aromatic heterocycles. The van der Waals surface area contributed by atoms with E-state index in [0.717, 1.165) is 0 Å². The monoisotopic (exact) mass is 396 g/mol. The first-order chi connectivity index (χ1) is 14.6. The number of ketones is 1. The lowest BCUT2D eigenvalue weighted by atomic mass is 9.98. The van der Waals surface area contributed by atoms with E-state index in [1.54, 1.807) is 79.8 Å². The van der Waals surface area contributed by atoms with Crippen molar-refractivity contribution in [2.45, 2.75) is 0 Å². The molecule has 0 radical (unpaired) electrons. The molecule has 0 aliphatic heterocycles. The number of hydrogen-bond acceptors (Lipinski definition) is 3. The Labute approximate surface area is 175 Å². The van der Waals surface area contributed by atoms with Crippen molar-refractivity contribution in [1.82, 2.24) is 10.6 Å². The number of rotatable bonds is 5. The average Bonchev–Trinajstić information content (AvgIpc) is 2.81. The van der Waals surface area contributed by atoms with Gasteiger partial charge in [0.15, 0.2) is 5.78 Å². The maximum atomic E-state index is 12.8.